The molecule has 0 saturated heterocycles. The molecule has 0 aromatic heterocycles. The summed E-state index contributed by atoms with van der Waals surface area (Å²) in [5.41, 5.74) is 1.40. The molecule has 2 aromatic carbocycles. The second-order valence-electron chi connectivity index (χ2n) is 6.10. The van der Waals surface area contributed by atoms with Crippen molar-refractivity contribution in [2.24, 2.45) is 0 Å². The Bertz CT molecular complexity index is 543. The molecule has 1 N–H and O–H groups in total. The van der Waals surface area contributed by atoms with Crippen molar-refractivity contribution < 1.29 is 0 Å². The van der Waals surface area contributed by atoms with Gasteiger partial charge in [-0.15, -0.1) is 0 Å². The first kappa shape index (κ1) is 16.0. The number of nitrogens with one attached hydrogen (secondary N) is 1. The lowest BCUT2D eigenvalue weighted by Crippen LogP contribution is -2.27. The van der Waals surface area contributed by atoms with Crippen LogP contribution in [0.25, 0.3) is 10.8 Å². The van der Waals surface area contributed by atoms with E-state index in [1.54, 1.807) is 0 Å². The van der Waals surface area contributed by atoms with E-state index >= 15 is 0 Å². The van der Waals surface area contributed by atoms with E-state index < -0.39 is 0 Å². The van der Waals surface area contributed by atoms with Crippen molar-refractivity contribution in [2.75, 3.05) is 20.1 Å². The van der Waals surface area contributed by atoms with Crippen molar-refractivity contribution >= 4 is 10.8 Å². The smallest absolute Gasteiger partial charge is 0.0211 e. The molecule has 0 bridgehead atoms. The predicted molar refractivity (Wildman–Crippen MR) is 92.7 cm³/mol. The first-order valence-corrected chi connectivity index (χ1v) is 8.06. The van der Waals surface area contributed by atoms with E-state index in [4.69, 9.17) is 0 Å². The standard InChI is InChI=1S/C19H28N2/c1-16(2)21(3)14-7-6-13-20-15-18-11-8-10-17-9-4-5-12-19(17)18/h4-5,8-12,16,20H,6-7,13-15H2,1-3H3. The number of hydrogen-bond donors (Lipinski definition) is 1. The van der Waals surface area contributed by atoms with Crippen LogP contribution in [0.2, 0.25) is 0 Å². The highest BCUT2D eigenvalue weighted by atomic mass is 15.1. The van der Waals surface area contributed by atoms with E-state index in [9.17, 15) is 0 Å². The van der Waals surface area contributed by atoms with Gasteiger partial charge in [0.15, 0.2) is 0 Å². The van der Waals surface area contributed by atoms with Crippen LogP contribution in [0.5, 0.6) is 0 Å². The van der Waals surface area contributed by atoms with Gasteiger partial charge in [-0.25, -0.2) is 0 Å². The van der Waals surface area contributed by atoms with Crippen molar-refractivity contribution in [3.63, 3.8) is 0 Å². The quantitative estimate of drug-likeness (QED) is 0.736. The summed E-state index contributed by atoms with van der Waals surface area (Å²) in [6.07, 6.45) is 2.50. The molecule has 0 unspecified atom stereocenters. The van der Waals surface area contributed by atoms with Crippen molar-refractivity contribution in [1.82, 2.24) is 10.2 Å². The number of rotatable bonds is 8. The molecule has 2 aromatic rings. The molecule has 0 fully saturated rings. The topological polar surface area (TPSA) is 15.3 Å². The minimum Gasteiger partial charge on any atom is -0.313 e. The number of unbranched alkanes of at least 4 members (excludes halogenated alkanes) is 1. The lowest BCUT2D eigenvalue weighted by molar-refractivity contribution is 0.268. The summed E-state index contributed by atoms with van der Waals surface area (Å²) in [6.45, 7) is 7.74. The summed E-state index contributed by atoms with van der Waals surface area (Å²) in [6, 6.07) is 15.8. The summed E-state index contributed by atoms with van der Waals surface area (Å²) in [5.74, 6) is 0. The van der Waals surface area contributed by atoms with Gasteiger partial charge in [0.25, 0.3) is 0 Å². The molecule has 0 amide bonds. The molecule has 0 atom stereocenters. The Balaban J connectivity index is 1.73. The zero-order valence-electron chi connectivity index (χ0n) is 13.6. The molecule has 0 heterocycles. The van der Waals surface area contributed by atoms with Gasteiger partial charge in [-0.3, -0.25) is 0 Å². The highest BCUT2D eigenvalue weighted by Gasteiger charge is 2.02. The third-order valence-electron chi connectivity index (χ3n) is 4.19. The molecule has 0 aliphatic heterocycles. The fraction of sp³-hybridized carbons (Fsp3) is 0.474. The van der Waals surface area contributed by atoms with Gasteiger partial charge in [-0.1, -0.05) is 42.5 Å². The number of hydrogen-bond acceptors (Lipinski definition) is 2. The van der Waals surface area contributed by atoms with Crippen LogP contribution < -0.4 is 5.32 Å². The van der Waals surface area contributed by atoms with Crippen LogP contribution in [0.15, 0.2) is 42.5 Å². The predicted octanol–water partition coefficient (Wildman–Crippen LogP) is 4.05. The molecule has 21 heavy (non-hydrogen) atoms. The van der Waals surface area contributed by atoms with Crippen LogP contribution in [0, 0.1) is 0 Å². The maximum absolute atomic E-state index is 3.58. The van der Waals surface area contributed by atoms with E-state index in [0.717, 1.165) is 13.1 Å². The molecule has 0 saturated carbocycles. The maximum atomic E-state index is 3.58. The zero-order valence-corrected chi connectivity index (χ0v) is 13.6. The summed E-state index contributed by atoms with van der Waals surface area (Å²) >= 11 is 0. The lowest BCUT2D eigenvalue weighted by Gasteiger charge is -2.20. The van der Waals surface area contributed by atoms with Crippen molar-refractivity contribution in [3.8, 4) is 0 Å². The third kappa shape index (κ3) is 4.83. The Morgan fingerprint density at radius 2 is 1.76 bits per heavy atom. The van der Waals surface area contributed by atoms with Crippen LogP contribution >= 0.6 is 0 Å². The van der Waals surface area contributed by atoms with Gasteiger partial charge in [-0.05, 0) is 63.2 Å². The van der Waals surface area contributed by atoms with Crippen molar-refractivity contribution in [2.45, 2.75) is 39.3 Å². The van der Waals surface area contributed by atoms with Gasteiger partial charge in [0.1, 0.15) is 0 Å². The zero-order chi connectivity index (χ0) is 15.1. The molecule has 0 aliphatic rings. The molecule has 114 valence electrons. The molecule has 0 spiro atoms. The summed E-state index contributed by atoms with van der Waals surface area (Å²) in [5, 5.41) is 6.27. The minimum absolute atomic E-state index is 0.647. The highest BCUT2D eigenvalue weighted by molar-refractivity contribution is 5.85. The van der Waals surface area contributed by atoms with Gasteiger partial charge < -0.3 is 10.2 Å². The van der Waals surface area contributed by atoms with Gasteiger partial charge >= 0.3 is 0 Å². The highest BCUT2D eigenvalue weighted by Crippen LogP contribution is 2.18. The summed E-state index contributed by atoms with van der Waals surface area (Å²) < 4.78 is 0. The van der Waals surface area contributed by atoms with Crippen LogP contribution in [-0.4, -0.2) is 31.1 Å². The molecule has 2 nitrogen and oxygen atoms in total. The van der Waals surface area contributed by atoms with Crippen molar-refractivity contribution in [1.29, 1.82) is 0 Å². The lowest BCUT2D eigenvalue weighted by atomic mass is 10.0. The molecule has 2 heteroatoms. The van der Waals surface area contributed by atoms with Crippen molar-refractivity contribution in [3.05, 3.63) is 48.0 Å². The monoisotopic (exact) mass is 284 g/mol. The Labute approximate surface area is 129 Å². The number of fused-ring (bicyclic) bond motifs is 1. The van der Waals surface area contributed by atoms with E-state index in [1.807, 2.05) is 0 Å². The average molecular weight is 284 g/mol. The molecular formula is C19H28N2. The minimum atomic E-state index is 0.647. The Hall–Kier alpha value is -1.38. The van der Waals surface area contributed by atoms with Crippen LogP contribution in [0.3, 0.4) is 0 Å². The third-order valence-corrected chi connectivity index (χ3v) is 4.19. The fourth-order valence-electron chi connectivity index (χ4n) is 2.54. The number of nitrogens with zero attached hydrogens (tertiary/aromatic N) is 1. The SMILES string of the molecule is CC(C)N(C)CCCCNCc1cccc2ccccc12. The normalized spacial score (nSPS) is 11.7. The molecule has 0 radical (unpaired) electrons. The Morgan fingerprint density at radius 1 is 1.00 bits per heavy atom. The summed E-state index contributed by atoms with van der Waals surface area (Å²) in [7, 11) is 2.20. The second kappa shape index (κ2) is 8.16. The molecular weight excluding hydrogens is 256 g/mol. The van der Waals surface area contributed by atoms with Crippen LogP contribution in [0.4, 0.5) is 0 Å². The first-order valence-electron chi connectivity index (χ1n) is 8.06. The van der Waals surface area contributed by atoms with Gasteiger partial charge in [0, 0.05) is 12.6 Å². The Morgan fingerprint density at radius 3 is 2.57 bits per heavy atom. The van der Waals surface area contributed by atoms with Crippen LogP contribution in [0.1, 0.15) is 32.3 Å². The van der Waals surface area contributed by atoms with E-state index in [-0.39, 0.29) is 0 Å². The second-order valence-corrected chi connectivity index (χ2v) is 6.10. The fourth-order valence-corrected chi connectivity index (χ4v) is 2.54. The Kier molecular flexibility index (Phi) is 6.21. The first-order chi connectivity index (χ1) is 10.2. The molecule has 0 aliphatic carbocycles. The molecule has 2 rings (SSSR count). The van der Waals surface area contributed by atoms with Gasteiger partial charge in [0.2, 0.25) is 0 Å². The average Bonchev–Trinajstić information content (AvgIpc) is 2.50. The van der Waals surface area contributed by atoms with Gasteiger partial charge in [0.05, 0.1) is 0 Å². The maximum Gasteiger partial charge on any atom is 0.0211 e. The van der Waals surface area contributed by atoms with Crippen LogP contribution in [-0.2, 0) is 6.54 Å². The van der Waals surface area contributed by atoms with E-state index in [0.29, 0.717) is 6.04 Å². The van der Waals surface area contributed by atoms with E-state index in [1.165, 1.54) is 35.7 Å². The number of benzene rings is 2. The van der Waals surface area contributed by atoms with E-state index in [2.05, 4.69) is 73.6 Å². The van der Waals surface area contributed by atoms with Gasteiger partial charge in [-0.2, -0.15) is 0 Å². The largest absolute Gasteiger partial charge is 0.313 e. The summed E-state index contributed by atoms with van der Waals surface area (Å²) in [4.78, 5) is 2.41.